The van der Waals surface area contributed by atoms with E-state index in [1.807, 2.05) is 6.07 Å². The Balaban J connectivity index is 1.16. The number of phenolic OH excluding ortho intramolecular Hbond substituents is 1. The summed E-state index contributed by atoms with van der Waals surface area (Å²) in [6, 6.07) is 13.6. The van der Waals surface area contributed by atoms with E-state index in [9.17, 15) is 15.0 Å². The predicted octanol–water partition coefficient (Wildman–Crippen LogP) is 2.89. The van der Waals surface area contributed by atoms with Gasteiger partial charge >= 0.3 is 4.87 Å². The molecule has 7 nitrogen and oxygen atoms in total. The molecule has 1 unspecified atom stereocenters. The van der Waals surface area contributed by atoms with Crippen LogP contribution < -0.4 is 10.2 Å². The van der Waals surface area contributed by atoms with Crippen molar-refractivity contribution in [1.82, 2.24) is 15.2 Å². The van der Waals surface area contributed by atoms with Crippen LogP contribution in [0.2, 0.25) is 0 Å². The van der Waals surface area contributed by atoms with Gasteiger partial charge < -0.3 is 30.2 Å². The highest BCUT2D eigenvalue weighted by Crippen LogP contribution is 2.31. The van der Waals surface area contributed by atoms with Crippen molar-refractivity contribution >= 4 is 21.6 Å². The summed E-state index contributed by atoms with van der Waals surface area (Å²) in [6.45, 7) is 5.85. The van der Waals surface area contributed by atoms with E-state index < -0.39 is 6.10 Å². The lowest BCUT2D eigenvalue weighted by Crippen LogP contribution is -2.41. The van der Waals surface area contributed by atoms with E-state index in [-0.39, 0.29) is 10.6 Å². The minimum absolute atomic E-state index is 0.0265. The molecule has 1 aliphatic rings. The molecule has 0 saturated carbocycles. The number of aliphatic hydroxyl groups excluding tert-OH is 1. The molecular formula is C25H33N3O4S. The van der Waals surface area contributed by atoms with Crippen LogP contribution in [-0.4, -0.2) is 66.0 Å². The van der Waals surface area contributed by atoms with Gasteiger partial charge in [0.25, 0.3) is 0 Å². The van der Waals surface area contributed by atoms with Crippen molar-refractivity contribution in [1.29, 1.82) is 0 Å². The first-order valence-corrected chi connectivity index (χ1v) is 12.5. The van der Waals surface area contributed by atoms with Crippen molar-refractivity contribution in [3.05, 3.63) is 63.3 Å². The number of aromatic amines is 1. The van der Waals surface area contributed by atoms with E-state index >= 15 is 0 Å². The van der Waals surface area contributed by atoms with E-state index in [0.717, 1.165) is 57.2 Å². The molecule has 0 amide bonds. The van der Waals surface area contributed by atoms with Crippen LogP contribution >= 0.6 is 11.3 Å². The number of nitrogens with one attached hydrogen (secondary N) is 2. The third-order valence-electron chi connectivity index (χ3n) is 6.25. The lowest BCUT2D eigenvalue weighted by molar-refractivity contribution is 0.0853. The van der Waals surface area contributed by atoms with Crippen LogP contribution in [0.25, 0.3) is 10.2 Å². The summed E-state index contributed by atoms with van der Waals surface area (Å²) >= 11 is 1.02. The number of H-pyrrole nitrogens is 1. The summed E-state index contributed by atoms with van der Waals surface area (Å²) in [6.07, 6.45) is 2.56. The number of likely N-dealkylation sites (tertiary alicyclic amines) is 1. The first-order chi connectivity index (χ1) is 16.1. The fraction of sp³-hybridized carbons (Fsp3) is 0.480. The highest BCUT2D eigenvalue weighted by Gasteiger charge is 2.21. The molecule has 0 radical (unpaired) electrons. The summed E-state index contributed by atoms with van der Waals surface area (Å²) in [7, 11) is 0. The molecule has 2 aromatic carbocycles. The first kappa shape index (κ1) is 23.9. The average Bonchev–Trinajstić information content (AvgIpc) is 3.22. The third-order valence-corrected chi connectivity index (χ3v) is 7.18. The van der Waals surface area contributed by atoms with Gasteiger partial charge in [0.05, 0.1) is 24.0 Å². The third kappa shape index (κ3) is 6.65. The highest BCUT2D eigenvalue weighted by molar-refractivity contribution is 7.16. The number of phenols is 1. The van der Waals surface area contributed by atoms with Crippen LogP contribution in [0.5, 0.6) is 5.75 Å². The Kier molecular flexibility index (Phi) is 8.52. The second kappa shape index (κ2) is 11.8. The average molecular weight is 472 g/mol. The Morgan fingerprint density at radius 3 is 2.91 bits per heavy atom. The number of nitrogens with zero attached hydrogens (tertiary/aromatic N) is 1. The highest BCUT2D eigenvalue weighted by atomic mass is 32.1. The maximum absolute atomic E-state index is 11.7. The number of fused-ring (bicyclic) bond motifs is 1. The molecule has 0 aliphatic carbocycles. The van der Waals surface area contributed by atoms with E-state index in [0.29, 0.717) is 28.2 Å². The van der Waals surface area contributed by atoms with Crippen molar-refractivity contribution in [2.24, 2.45) is 5.92 Å². The number of ether oxygens (including phenoxy) is 1. The number of benzene rings is 2. The molecule has 0 spiro atoms. The van der Waals surface area contributed by atoms with Gasteiger partial charge in [-0.1, -0.05) is 47.7 Å². The Morgan fingerprint density at radius 2 is 2.06 bits per heavy atom. The molecule has 0 bridgehead atoms. The number of aromatic hydroxyl groups is 1. The fourth-order valence-corrected chi connectivity index (χ4v) is 5.41. The van der Waals surface area contributed by atoms with Gasteiger partial charge in [0.2, 0.25) is 0 Å². The van der Waals surface area contributed by atoms with Gasteiger partial charge in [0.1, 0.15) is 11.3 Å². The van der Waals surface area contributed by atoms with Crippen molar-refractivity contribution < 1.29 is 14.9 Å². The lowest BCUT2D eigenvalue weighted by atomic mass is 9.98. The Labute approximate surface area is 198 Å². The standard InChI is InChI=1S/C25H33N3O4S/c29-21-9-8-20(24-23(21)27-25(31)33-24)22(30)16-26-15-19-7-4-11-28(17-19)12-14-32-13-10-18-5-2-1-3-6-18/h1-3,5-6,8-9,19,22,26,29-30H,4,7,10-17H2,(H,27,31)/t19-,22?/m1/s1. The zero-order chi connectivity index (χ0) is 23.0. The second-order valence-corrected chi connectivity index (χ2v) is 9.71. The number of aromatic nitrogens is 1. The van der Waals surface area contributed by atoms with Crippen molar-refractivity contribution in [2.75, 3.05) is 45.9 Å². The number of aliphatic hydroxyl groups is 1. The molecular weight excluding hydrogens is 438 g/mol. The fourth-order valence-electron chi connectivity index (χ4n) is 4.49. The first-order valence-electron chi connectivity index (χ1n) is 11.7. The summed E-state index contributed by atoms with van der Waals surface area (Å²) in [5.74, 6) is 0.567. The van der Waals surface area contributed by atoms with Crippen LogP contribution in [0, 0.1) is 5.92 Å². The molecule has 1 fully saturated rings. The molecule has 2 heterocycles. The van der Waals surface area contributed by atoms with E-state index in [1.165, 1.54) is 24.5 Å². The van der Waals surface area contributed by atoms with Crippen molar-refractivity contribution in [3.8, 4) is 5.75 Å². The Hall–Kier alpha value is -2.23. The Bertz CT molecular complexity index is 1070. The molecule has 33 heavy (non-hydrogen) atoms. The van der Waals surface area contributed by atoms with E-state index in [4.69, 9.17) is 4.74 Å². The van der Waals surface area contributed by atoms with E-state index in [2.05, 4.69) is 39.5 Å². The molecule has 4 N–H and O–H groups in total. The molecule has 1 saturated heterocycles. The predicted molar refractivity (Wildman–Crippen MR) is 132 cm³/mol. The van der Waals surface area contributed by atoms with Gasteiger partial charge in [0.15, 0.2) is 0 Å². The molecule has 178 valence electrons. The molecule has 4 rings (SSSR count). The van der Waals surface area contributed by atoms with Gasteiger partial charge in [-0.3, -0.25) is 4.79 Å². The molecule has 1 aliphatic heterocycles. The smallest absolute Gasteiger partial charge is 0.305 e. The molecule has 3 aromatic rings. The van der Waals surface area contributed by atoms with Gasteiger partial charge in [-0.15, -0.1) is 0 Å². The van der Waals surface area contributed by atoms with Crippen LogP contribution in [0.3, 0.4) is 0 Å². The maximum atomic E-state index is 11.7. The Morgan fingerprint density at radius 1 is 1.21 bits per heavy atom. The minimum Gasteiger partial charge on any atom is -0.506 e. The zero-order valence-electron chi connectivity index (χ0n) is 18.8. The number of hydrogen-bond donors (Lipinski definition) is 4. The quantitative estimate of drug-likeness (QED) is 0.321. The van der Waals surface area contributed by atoms with Gasteiger partial charge in [-0.25, -0.2) is 0 Å². The number of rotatable bonds is 11. The SMILES string of the molecule is O=c1[nH]c2c(O)ccc(C(O)CNC[C@H]3CCCN(CCOCCc4ccccc4)C3)c2s1. The van der Waals surface area contributed by atoms with Crippen molar-refractivity contribution in [2.45, 2.75) is 25.4 Å². The molecule has 8 heteroatoms. The van der Waals surface area contributed by atoms with Crippen LogP contribution in [0.1, 0.15) is 30.1 Å². The number of hydrogen-bond acceptors (Lipinski definition) is 7. The van der Waals surface area contributed by atoms with Gasteiger partial charge in [-0.05, 0) is 49.9 Å². The van der Waals surface area contributed by atoms with Gasteiger partial charge in [0, 0.05) is 25.2 Å². The summed E-state index contributed by atoms with van der Waals surface area (Å²) in [4.78, 5) is 16.5. The van der Waals surface area contributed by atoms with Crippen LogP contribution in [0.4, 0.5) is 0 Å². The van der Waals surface area contributed by atoms with Gasteiger partial charge in [-0.2, -0.15) is 0 Å². The van der Waals surface area contributed by atoms with Crippen molar-refractivity contribution in [3.63, 3.8) is 0 Å². The minimum atomic E-state index is -0.739. The lowest BCUT2D eigenvalue weighted by Gasteiger charge is -2.33. The second-order valence-electron chi connectivity index (χ2n) is 8.72. The molecule has 2 atom stereocenters. The monoisotopic (exact) mass is 471 g/mol. The zero-order valence-corrected chi connectivity index (χ0v) is 19.7. The number of thiazole rings is 1. The van der Waals surface area contributed by atoms with Crippen LogP contribution in [0.15, 0.2) is 47.3 Å². The number of piperidine rings is 1. The van der Waals surface area contributed by atoms with E-state index in [1.54, 1.807) is 6.07 Å². The topological polar surface area (TPSA) is 97.8 Å². The summed E-state index contributed by atoms with van der Waals surface area (Å²) in [5.41, 5.74) is 2.37. The largest absolute Gasteiger partial charge is 0.506 e. The van der Waals surface area contributed by atoms with Crippen LogP contribution in [-0.2, 0) is 11.2 Å². The summed E-state index contributed by atoms with van der Waals surface area (Å²) < 4.78 is 6.47. The summed E-state index contributed by atoms with van der Waals surface area (Å²) in [5, 5.41) is 24.0. The maximum Gasteiger partial charge on any atom is 0.305 e. The normalized spacial score (nSPS) is 18.0. The molecule has 1 aromatic heterocycles.